The maximum absolute atomic E-state index is 14.2. The molecule has 0 amide bonds. The summed E-state index contributed by atoms with van der Waals surface area (Å²) in [5.74, 6) is 0. The summed E-state index contributed by atoms with van der Waals surface area (Å²) in [6.07, 6.45) is -13.8. The third-order valence-corrected chi connectivity index (χ3v) is 15.1. The minimum atomic E-state index is -4.59. The van der Waals surface area contributed by atoms with Crippen LogP contribution in [0.1, 0.15) is 16.7 Å². The molecule has 0 heterocycles. The van der Waals surface area contributed by atoms with Crippen molar-refractivity contribution in [2.45, 2.75) is 18.5 Å². The highest BCUT2D eigenvalue weighted by molar-refractivity contribution is 6.03. The van der Waals surface area contributed by atoms with Gasteiger partial charge in [-0.25, -0.2) is 0 Å². The summed E-state index contributed by atoms with van der Waals surface area (Å²) in [7, 11) is 0. The lowest BCUT2D eigenvalue weighted by atomic mass is 9.97. The minimum absolute atomic E-state index is 0.496. The molecule has 0 aliphatic carbocycles. The van der Waals surface area contributed by atoms with Crippen molar-refractivity contribution in [3.8, 4) is 33.4 Å². The topological polar surface area (TPSA) is 13.0 Å². The Hall–Kier alpha value is -10.8. The lowest BCUT2D eigenvalue weighted by Crippen LogP contribution is -2.22. The van der Waals surface area contributed by atoms with Gasteiger partial charge in [0.1, 0.15) is 0 Å². The van der Waals surface area contributed by atoms with E-state index in [9.17, 15) is 39.5 Å². The lowest BCUT2D eigenvalue weighted by Gasteiger charge is -2.39. The van der Waals surface area contributed by atoms with Gasteiger partial charge in [0.15, 0.2) is 0 Å². The number of rotatable bonds is 15. The number of anilines is 12. The van der Waals surface area contributed by atoms with Crippen molar-refractivity contribution in [3.05, 3.63) is 326 Å². The average Bonchev–Trinajstić information content (AvgIpc) is 0.852. The zero-order valence-corrected chi connectivity index (χ0v) is 46.6. The minimum Gasteiger partial charge on any atom is -0.308 e. The normalized spacial score (nSPS) is 11.7. The summed E-state index contributed by atoms with van der Waals surface area (Å²) in [6.45, 7) is 0. The standard InChI is InChI=1S/C75H51F9N4/c76-73(77,78)58-40-31-52(32-41-58)55-37-46-67(70(49-55)85(61-19-7-1-8-20-61)62-21-9-2-10-22-62)88(68-47-38-56(53-33-42-59(43-34-53)74(79,80)81)50-71(68)86(63-23-11-3-12-24-63)64-25-13-4-14-26-64)69-48-39-57(54-35-44-60(45-36-54)75(82,83)84)51-72(69)87(65-27-15-5-16-28-65)66-29-17-6-18-30-66/h1-51H. The van der Waals surface area contributed by atoms with Crippen molar-refractivity contribution in [1.82, 2.24) is 0 Å². The van der Waals surface area contributed by atoms with Crippen LogP contribution in [-0.4, -0.2) is 0 Å². The Labute approximate surface area is 503 Å². The van der Waals surface area contributed by atoms with Gasteiger partial charge < -0.3 is 19.6 Å². The molecule has 12 aromatic carbocycles. The third kappa shape index (κ3) is 12.2. The highest BCUT2D eigenvalue weighted by Crippen LogP contribution is 2.55. The molecule has 12 aromatic rings. The second kappa shape index (κ2) is 24.3. The molecular formula is C75H51F9N4. The SMILES string of the molecule is FC(F)(F)c1ccc(-c2ccc(N(c3ccc(-c4ccc(C(F)(F)F)cc4)cc3N(c3ccccc3)c3ccccc3)c3ccc(-c4ccc(C(F)(F)F)cc4)cc3N(c3ccccc3)c3ccccc3)c(N(c3ccccc3)c3ccccc3)c2)cc1. The van der Waals surface area contributed by atoms with Crippen molar-refractivity contribution >= 4 is 68.2 Å². The monoisotopic (exact) mass is 1180 g/mol. The van der Waals surface area contributed by atoms with Gasteiger partial charge >= 0.3 is 18.5 Å². The molecule has 4 nitrogen and oxygen atoms in total. The van der Waals surface area contributed by atoms with Crippen molar-refractivity contribution in [1.29, 1.82) is 0 Å². The number of nitrogens with zero attached hydrogens (tertiary/aromatic N) is 4. The van der Waals surface area contributed by atoms with Gasteiger partial charge in [0.25, 0.3) is 0 Å². The Morgan fingerprint density at radius 2 is 0.352 bits per heavy atom. The highest BCUT2D eigenvalue weighted by Gasteiger charge is 2.34. The molecule has 434 valence electrons. The molecule has 0 spiro atoms. The van der Waals surface area contributed by atoms with E-state index in [4.69, 9.17) is 0 Å². The zero-order chi connectivity index (χ0) is 61.0. The van der Waals surface area contributed by atoms with E-state index in [1.165, 1.54) is 36.4 Å². The number of para-hydroxylation sites is 6. The molecule has 0 fully saturated rings. The fourth-order valence-electron chi connectivity index (χ4n) is 10.9. The first-order chi connectivity index (χ1) is 42.6. The van der Waals surface area contributed by atoms with Gasteiger partial charge in [-0.1, -0.05) is 164 Å². The van der Waals surface area contributed by atoms with Crippen molar-refractivity contribution in [2.75, 3.05) is 19.6 Å². The molecule has 0 N–H and O–H groups in total. The summed E-state index contributed by atoms with van der Waals surface area (Å²) in [5.41, 5.74) is 8.41. The maximum atomic E-state index is 14.2. The van der Waals surface area contributed by atoms with Gasteiger partial charge in [0.05, 0.1) is 50.8 Å². The Kier molecular flexibility index (Phi) is 15.9. The van der Waals surface area contributed by atoms with Gasteiger partial charge in [-0.2, -0.15) is 39.5 Å². The predicted octanol–water partition coefficient (Wildman–Crippen LogP) is 23.6. The first-order valence-corrected chi connectivity index (χ1v) is 28.0. The van der Waals surface area contributed by atoms with E-state index >= 15 is 0 Å². The molecule has 0 aromatic heterocycles. The summed E-state index contributed by atoms with van der Waals surface area (Å²) >= 11 is 0. The maximum Gasteiger partial charge on any atom is 0.416 e. The molecule has 88 heavy (non-hydrogen) atoms. The van der Waals surface area contributed by atoms with Gasteiger partial charge in [-0.15, -0.1) is 0 Å². The van der Waals surface area contributed by atoms with Crippen LogP contribution < -0.4 is 19.6 Å². The largest absolute Gasteiger partial charge is 0.416 e. The van der Waals surface area contributed by atoms with Crippen LogP contribution in [0, 0.1) is 0 Å². The van der Waals surface area contributed by atoms with Gasteiger partial charge in [0, 0.05) is 34.1 Å². The molecule has 12 rings (SSSR count). The van der Waals surface area contributed by atoms with E-state index in [0.717, 1.165) is 70.5 Å². The smallest absolute Gasteiger partial charge is 0.308 e. The van der Waals surface area contributed by atoms with Crippen molar-refractivity contribution < 1.29 is 39.5 Å². The van der Waals surface area contributed by atoms with Crippen LogP contribution in [0.5, 0.6) is 0 Å². The van der Waals surface area contributed by atoms with Crippen molar-refractivity contribution in [2.24, 2.45) is 0 Å². The summed E-state index contributed by atoms with van der Waals surface area (Å²) in [6, 6.07) is 90.0. The van der Waals surface area contributed by atoms with E-state index in [2.05, 4.69) is 19.6 Å². The molecule has 0 aliphatic heterocycles. The van der Waals surface area contributed by atoms with Crippen LogP contribution in [-0.2, 0) is 18.5 Å². The van der Waals surface area contributed by atoms with Crippen LogP contribution in [0.2, 0.25) is 0 Å². The molecule has 0 unspecified atom stereocenters. The zero-order valence-electron chi connectivity index (χ0n) is 46.6. The Bertz CT molecular complexity index is 3740. The van der Waals surface area contributed by atoms with Crippen LogP contribution in [0.15, 0.2) is 309 Å². The van der Waals surface area contributed by atoms with E-state index in [-0.39, 0.29) is 0 Å². The Balaban J connectivity index is 1.24. The third-order valence-electron chi connectivity index (χ3n) is 15.1. The number of benzene rings is 12. The van der Waals surface area contributed by atoms with Crippen LogP contribution in [0.25, 0.3) is 33.4 Å². The summed E-state index contributed by atoms with van der Waals surface area (Å²) < 4.78 is 128. The molecule has 13 heteroatoms. The Morgan fingerprint density at radius 1 is 0.170 bits per heavy atom. The summed E-state index contributed by atoms with van der Waals surface area (Å²) in [5, 5.41) is 0. The van der Waals surface area contributed by atoms with Crippen molar-refractivity contribution in [3.63, 3.8) is 0 Å². The van der Waals surface area contributed by atoms with Gasteiger partial charge in [0.2, 0.25) is 0 Å². The van der Waals surface area contributed by atoms with E-state index in [1.807, 2.05) is 237 Å². The molecule has 0 radical (unpaired) electrons. The molecular weight excluding hydrogens is 1130 g/mol. The lowest BCUT2D eigenvalue weighted by molar-refractivity contribution is -0.138. The molecule has 0 aliphatic rings. The predicted molar refractivity (Wildman–Crippen MR) is 336 cm³/mol. The summed E-state index contributed by atoms with van der Waals surface area (Å²) in [4.78, 5) is 8.31. The fraction of sp³-hybridized carbons (Fsp3) is 0.0400. The van der Waals surface area contributed by atoms with Gasteiger partial charge in [-0.05, 0) is 179 Å². The first kappa shape index (κ1) is 57.6. The van der Waals surface area contributed by atoms with E-state index < -0.39 is 35.2 Å². The molecule has 0 bridgehead atoms. The quantitative estimate of drug-likeness (QED) is 0.0949. The Morgan fingerprint density at radius 3 is 0.534 bits per heavy atom. The average molecular weight is 1180 g/mol. The second-order valence-corrected chi connectivity index (χ2v) is 20.7. The van der Waals surface area contributed by atoms with Crippen LogP contribution >= 0.6 is 0 Å². The van der Waals surface area contributed by atoms with Crippen LogP contribution in [0.3, 0.4) is 0 Å². The van der Waals surface area contributed by atoms with E-state index in [1.54, 1.807) is 0 Å². The molecule has 0 saturated carbocycles. The van der Waals surface area contributed by atoms with E-state index in [0.29, 0.717) is 67.5 Å². The molecule has 0 atom stereocenters. The number of hydrogen-bond acceptors (Lipinski definition) is 4. The highest BCUT2D eigenvalue weighted by atomic mass is 19.4. The fourth-order valence-corrected chi connectivity index (χ4v) is 10.9. The second-order valence-electron chi connectivity index (χ2n) is 20.7. The first-order valence-electron chi connectivity index (χ1n) is 28.0. The number of alkyl halides is 9. The number of halogens is 9. The number of hydrogen-bond donors (Lipinski definition) is 0. The molecule has 0 saturated heterocycles. The van der Waals surface area contributed by atoms with Crippen LogP contribution in [0.4, 0.5) is 108 Å². The van der Waals surface area contributed by atoms with Gasteiger partial charge in [-0.3, -0.25) is 0 Å².